The molecular formula is C26H29N5O2. The van der Waals surface area contributed by atoms with Gasteiger partial charge >= 0.3 is 0 Å². The van der Waals surface area contributed by atoms with Crippen molar-refractivity contribution in [2.75, 3.05) is 19.6 Å². The average Bonchev–Trinajstić information content (AvgIpc) is 3.59. The molecule has 33 heavy (non-hydrogen) atoms. The van der Waals surface area contributed by atoms with E-state index in [9.17, 15) is 9.90 Å². The molecule has 1 aromatic heterocycles. The van der Waals surface area contributed by atoms with Crippen LogP contribution in [0, 0.1) is 0 Å². The number of nitrogens with zero attached hydrogens (tertiary/aromatic N) is 5. The van der Waals surface area contributed by atoms with Gasteiger partial charge in [0.2, 0.25) is 0 Å². The summed E-state index contributed by atoms with van der Waals surface area (Å²) in [6.45, 7) is 2.87. The van der Waals surface area contributed by atoms with Crippen molar-refractivity contribution >= 4 is 5.91 Å². The number of rotatable bonds is 4. The topological polar surface area (TPSA) is 74.5 Å². The summed E-state index contributed by atoms with van der Waals surface area (Å²) in [5.41, 5.74) is 4.38. The first-order chi connectivity index (χ1) is 16.2. The number of carbonyl (C=O) groups is 1. The molecule has 2 atom stereocenters. The van der Waals surface area contributed by atoms with E-state index in [2.05, 4.69) is 39.2 Å². The van der Waals surface area contributed by atoms with Crippen LogP contribution in [0.25, 0.3) is 11.4 Å². The zero-order valence-electron chi connectivity index (χ0n) is 18.7. The normalized spacial score (nSPS) is 23.4. The first-order valence-corrected chi connectivity index (χ1v) is 12.0. The summed E-state index contributed by atoms with van der Waals surface area (Å²) >= 11 is 0. The summed E-state index contributed by atoms with van der Waals surface area (Å²) in [5, 5.41) is 15.3. The minimum absolute atomic E-state index is 0.0216. The molecule has 1 N–H and O–H groups in total. The van der Waals surface area contributed by atoms with Crippen LogP contribution in [-0.2, 0) is 13.0 Å². The van der Waals surface area contributed by atoms with Crippen molar-refractivity contribution in [3.05, 3.63) is 71.5 Å². The van der Waals surface area contributed by atoms with E-state index in [1.807, 2.05) is 28.9 Å². The maximum atomic E-state index is 13.1. The molecule has 2 fully saturated rings. The second-order valence-electron chi connectivity index (χ2n) is 9.50. The summed E-state index contributed by atoms with van der Waals surface area (Å²) < 4.78 is 1.98. The van der Waals surface area contributed by atoms with E-state index >= 15 is 0 Å². The molecule has 1 saturated carbocycles. The van der Waals surface area contributed by atoms with E-state index in [0.29, 0.717) is 24.7 Å². The van der Waals surface area contributed by atoms with Crippen LogP contribution in [0.15, 0.2) is 54.9 Å². The van der Waals surface area contributed by atoms with Crippen molar-refractivity contribution in [3.8, 4) is 11.4 Å². The summed E-state index contributed by atoms with van der Waals surface area (Å²) in [4.78, 5) is 21.7. The Labute approximate surface area is 193 Å². The Morgan fingerprint density at radius 1 is 0.970 bits per heavy atom. The molecule has 3 heterocycles. The first-order valence-electron chi connectivity index (χ1n) is 12.0. The number of aliphatic hydroxyl groups is 1. The molecule has 0 bridgehead atoms. The van der Waals surface area contributed by atoms with Gasteiger partial charge in [-0.3, -0.25) is 9.69 Å². The predicted octanol–water partition coefficient (Wildman–Crippen LogP) is 2.91. The summed E-state index contributed by atoms with van der Waals surface area (Å²) in [6.07, 6.45) is 5.16. The second kappa shape index (κ2) is 8.39. The molecule has 7 heteroatoms. The van der Waals surface area contributed by atoms with Crippen molar-refractivity contribution in [1.29, 1.82) is 0 Å². The van der Waals surface area contributed by atoms with Crippen LogP contribution in [0.5, 0.6) is 0 Å². The van der Waals surface area contributed by atoms with Crippen molar-refractivity contribution in [1.82, 2.24) is 24.6 Å². The summed E-state index contributed by atoms with van der Waals surface area (Å²) in [7, 11) is 0. The number of carbonyl (C=O) groups excluding carboxylic acids is 1. The molecule has 6 rings (SSSR count). The van der Waals surface area contributed by atoms with E-state index in [1.54, 1.807) is 11.2 Å². The maximum Gasteiger partial charge on any atom is 0.253 e. The fourth-order valence-electron chi connectivity index (χ4n) is 5.32. The highest BCUT2D eigenvalue weighted by atomic mass is 16.3. The SMILES string of the molecule is O=C(c1ccc(-c2ncnn2C2CC2)cc1)N1CCC(N2CCc3ccccc3C2)C(O)C1. The number of aromatic nitrogens is 3. The first kappa shape index (κ1) is 20.6. The van der Waals surface area contributed by atoms with Crippen molar-refractivity contribution in [2.24, 2.45) is 0 Å². The molecule has 1 amide bonds. The molecule has 0 spiro atoms. The number of likely N-dealkylation sites (tertiary alicyclic amines) is 1. The van der Waals surface area contributed by atoms with Gasteiger partial charge in [-0.15, -0.1) is 0 Å². The van der Waals surface area contributed by atoms with Gasteiger partial charge in [-0.25, -0.2) is 9.67 Å². The molecule has 0 radical (unpaired) electrons. The molecule has 3 aromatic rings. The number of hydrogen-bond donors (Lipinski definition) is 1. The van der Waals surface area contributed by atoms with Crippen LogP contribution in [0.2, 0.25) is 0 Å². The highest BCUT2D eigenvalue weighted by Crippen LogP contribution is 2.37. The van der Waals surface area contributed by atoms with E-state index < -0.39 is 6.10 Å². The number of fused-ring (bicyclic) bond motifs is 1. The fraction of sp³-hybridized carbons (Fsp3) is 0.423. The Balaban J connectivity index is 1.11. The van der Waals surface area contributed by atoms with Gasteiger partial charge in [0.15, 0.2) is 5.82 Å². The van der Waals surface area contributed by atoms with Gasteiger partial charge in [0.1, 0.15) is 6.33 Å². The van der Waals surface area contributed by atoms with Crippen LogP contribution < -0.4 is 0 Å². The van der Waals surface area contributed by atoms with Crippen LogP contribution in [0.4, 0.5) is 0 Å². The van der Waals surface area contributed by atoms with Crippen LogP contribution in [-0.4, -0.2) is 67.4 Å². The molecule has 2 aromatic carbocycles. The lowest BCUT2D eigenvalue weighted by Crippen LogP contribution is -2.56. The third-order valence-electron chi connectivity index (χ3n) is 7.32. The van der Waals surface area contributed by atoms with Gasteiger partial charge in [0.25, 0.3) is 5.91 Å². The van der Waals surface area contributed by atoms with E-state index in [1.165, 1.54) is 11.1 Å². The van der Waals surface area contributed by atoms with Crippen LogP contribution in [0.1, 0.15) is 46.8 Å². The monoisotopic (exact) mass is 443 g/mol. The minimum Gasteiger partial charge on any atom is -0.390 e. The quantitative estimate of drug-likeness (QED) is 0.671. The van der Waals surface area contributed by atoms with Gasteiger partial charge in [-0.05, 0) is 48.9 Å². The Hall–Kier alpha value is -3.03. The number of β-amino-alcohol motifs (C(OH)–C–C–N with tert-alkyl or cyclic N) is 1. The van der Waals surface area contributed by atoms with Crippen molar-refractivity contribution in [3.63, 3.8) is 0 Å². The Kier molecular flexibility index (Phi) is 5.23. The molecular weight excluding hydrogens is 414 g/mol. The van der Waals surface area contributed by atoms with E-state index in [-0.39, 0.29) is 11.9 Å². The highest BCUT2D eigenvalue weighted by Gasteiger charge is 2.35. The van der Waals surface area contributed by atoms with E-state index in [4.69, 9.17) is 0 Å². The minimum atomic E-state index is -0.538. The lowest BCUT2D eigenvalue weighted by molar-refractivity contribution is -0.0137. The zero-order valence-corrected chi connectivity index (χ0v) is 18.7. The fourth-order valence-corrected chi connectivity index (χ4v) is 5.32. The Morgan fingerprint density at radius 3 is 2.52 bits per heavy atom. The Bertz CT molecular complexity index is 1150. The summed E-state index contributed by atoms with van der Waals surface area (Å²) in [6, 6.07) is 16.7. The number of hydrogen-bond acceptors (Lipinski definition) is 5. The molecule has 2 unspecified atom stereocenters. The third-order valence-corrected chi connectivity index (χ3v) is 7.32. The largest absolute Gasteiger partial charge is 0.390 e. The van der Waals surface area contributed by atoms with Gasteiger partial charge in [-0.2, -0.15) is 5.10 Å². The highest BCUT2D eigenvalue weighted by molar-refractivity contribution is 5.94. The molecule has 7 nitrogen and oxygen atoms in total. The lowest BCUT2D eigenvalue weighted by Gasteiger charge is -2.43. The van der Waals surface area contributed by atoms with Gasteiger partial charge in [-0.1, -0.05) is 36.4 Å². The zero-order chi connectivity index (χ0) is 22.4. The second-order valence-corrected chi connectivity index (χ2v) is 9.50. The molecule has 170 valence electrons. The number of amides is 1. The van der Waals surface area contributed by atoms with Gasteiger partial charge in [0.05, 0.1) is 12.1 Å². The molecule has 3 aliphatic rings. The van der Waals surface area contributed by atoms with Crippen molar-refractivity contribution < 1.29 is 9.90 Å². The van der Waals surface area contributed by atoms with Gasteiger partial charge in [0, 0.05) is 43.3 Å². The number of aliphatic hydroxyl groups excluding tert-OH is 1. The average molecular weight is 444 g/mol. The number of benzene rings is 2. The molecule has 1 saturated heterocycles. The smallest absolute Gasteiger partial charge is 0.253 e. The lowest BCUT2D eigenvalue weighted by atomic mass is 9.94. The van der Waals surface area contributed by atoms with Gasteiger partial charge < -0.3 is 10.0 Å². The van der Waals surface area contributed by atoms with Crippen LogP contribution >= 0.6 is 0 Å². The van der Waals surface area contributed by atoms with E-state index in [0.717, 1.165) is 50.2 Å². The van der Waals surface area contributed by atoms with Crippen molar-refractivity contribution in [2.45, 2.75) is 50.4 Å². The number of piperidine rings is 1. The standard InChI is InChI=1S/C26H29N5O2/c32-24-16-30(14-12-23(24)29-13-11-18-3-1-2-4-21(18)15-29)26(33)20-7-5-19(6-8-20)25-27-17-28-31(25)22-9-10-22/h1-8,17,22-24,32H,9-16H2. The summed E-state index contributed by atoms with van der Waals surface area (Å²) in [5.74, 6) is 0.836. The predicted molar refractivity (Wildman–Crippen MR) is 125 cm³/mol. The molecule has 1 aliphatic carbocycles. The Morgan fingerprint density at radius 2 is 1.76 bits per heavy atom. The third kappa shape index (κ3) is 3.96. The van der Waals surface area contributed by atoms with Crippen LogP contribution in [0.3, 0.4) is 0 Å². The maximum absolute atomic E-state index is 13.1. The molecule has 2 aliphatic heterocycles.